The van der Waals surface area contributed by atoms with Crippen LogP contribution in [0.4, 0.5) is 0 Å². The molecule has 0 bridgehead atoms. The van der Waals surface area contributed by atoms with Gasteiger partial charge in [0.15, 0.2) is 0 Å². The first-order chi connectivity index (χ1) is 8.08. The molecule has 0 aliphatic heterocycles. The van der Waals surface area contributed by atoms with E-state index in [-0.39, 0.29) is 17.9 Å². The van der Waals surface area contributed by atoms with Gasteiger partial charge in [-0.15, -0.1) is 0 Å². The summed E-state index contributed by atoms with van der Waals surface area (Å²) >= 11 is 0. The number of aliphatic carboxylic acids is 1. The third kappa shape index (κ3) is 2.36. The molecular weight excluding hydrogens is 218 g/mol. The summed E-state index contributed by atoms with van der Waals surface area (Å²) in [6, 6.07) is 9.21. The molecule has 1 aromatic carbocycles. The Kier molecular flexibility index (Phi) is 2.95. The molecule has 1 aromatic heterocycles. The first-order valence-electron chi connectivity index (χ1n) is 5.41. The van der Waals surface area contributed by atoms with Gasteiger partial charge in [0.1, 0.15) is 0 Å². The number of benzene rings is 1. The van der Waals surface area contributed by atoms with Crippen molar-refractivity contribution < 1.29 is 9.90 Å². The second kappa shape index (κ2) is 4.41. The maximum atomic E-state index is 11.8. The number of aromatic amines is 1. The maximum absolute atomic E-state index is 11.8. The van der Waals surface area contributed by atoms with E-state index in [2.05, 4.69) is 4.98 Å². The van der Waals surface area contributed by atoms with Gasteiger partial charge in [0.2, 0.25) is 0 Å². The van der Waals surface area contributed by atoms with Gasteiger partial charge in [0, 0.05) is 11.1 Å². The van der Waals surface area contributed by atoms with Crippen LogP contribution in [0.15, 0.2) is 35.1 Å². The fourth-order valence-corrected chi connectivity index (χ4v) is 1.90. The zero-order chi connectivity index (χ0) is 12.4. The van der Waals surface area contributed by atoms with Gasteiger partial charge in [-0.3, -0.25) is 9.59 Å². The monoisotopic (exact) mass is 231 g/mol. The Balaban J connectivity index is 2.51. The number of hydrogen-bond acceptors (Lipinski definition) is 2. The van der Waals surface area contributed by atoms with Gasteiger partial charge >= 0.3 is 5.97 Å². The highest BCUT2D eigenvalue weighted by Crippen LogP contribution is 2.18. The summed E-state index contributed by atoms with van der Waals surface area (Å²) in [6.07, 6.45) is -0.0403. The average molecular weight is 231 g/mol. The molecule has 2 N–H and O–H groups in total. The quantitative estimate of drug-likeness (QED) is 0.849. The van der Waals surface area contributed by atoms with Crippen molar-refractivity contribution in [1.82, 2.24) is 4.98 Å². The van der Waals surface area contributed by atoms with E-state index in [4.69, 9.17) is 5.11 Å². The van der Waals surface area contributed by atoms with Gasteiger partial charge in [-0.2, -0.15) is 0 Å². The fraction of sp³-hybridized carbons (Fsp3) is 0.231. The van der Waals surface area contributed by atoms with Crippen molar-refractivity contribution >= 4 is 16.9 Å². The second-order valence-corrected chi connectivity index (χ2v) is 4.14. The largest absolute Gasteiger partial charge is 0.481 e. The SMILES string of the molecule is CC(CC(=O)O)c1cc2ccccc2[nH]c1=O. The van der Waals surface area contributed by atoms with Crippen molar-refractivity contribution in [1.29, 1.82) is 0 Å². The molecule has 0 saturated heterocycles. The molecule has 0 radical (unpaired) electrons. The Morgan fingerprint density at radius 3 is 2.82 bits per heavy atom. The number of pyridine rings is 1. The van der Waals surface area contributed by atoms with Crippen LogP contribution in [-0.4, -0.2) is 16.1 Å². The summed E-state index contributed by atoms with van der Waals surface area (Å²) in [5, 5.41) is 9.65. The number of H-pyrrole nitrogens is 1. The predicted octanol–water partition coefficient (Wildman–Crippen LogP) is 2.11. The molecule has 0 saturated carbocycles. The number of carboxylic acid groups (broad SMARTS) is 1. The van der Waals surface area contributed by atoms with E-state index in [1.807, 2.05) is 24.3 Å². The Hall–Kier alpha value is -2.10. The van der Waals surface area contributed by atoms with E-state index in [1.54, 1.807) is 13.0 Å². The molecular formula is C13H13NO3. The summed E-state index contributed by atoms with van der Waals surface area (Å²) < 4.78 is 0. The minimum Gasteiger partial charge on any atom is -0.481 e. The minimum absolute atomic E-state index is 0.0403. The summed E-state index contributed by atoms with van der Waals surface area (Å²) in [4.78, 5) is 25.2. The molecule has 17 heavy (non-hydrogen) atoms. The molecule has 88 valence electrons. The Morgan fingerprint density at radius 1 is 1.41 bits per heavy atom. The number of aromatic nitrogens is 1. The van der Waals surface area contributed by atoms with Crippen LogP contribution < -0.4 is 5.56 Å². The van der Waals surface area contributed by atoms with Gasteiger partial charge in [0.25, 0.3) is 5.56 Å². The summed E-state index contributed by atoms with van der Waals surface area (Å²) in [5.41, 5.74) is 1.08. The van der Waals surface area contributed by atoms with E-state index in [9.17, 15) is 9.59 Å². The van der Waals surface area contributed by atoms with Gasteiger partial charge in [-0.25, -0.2) is 0 Å². The van der Waals surface area contributed by atoms with Gasteiger partial charge < -0.3 is 10.1 Å². The van der Waals surface area contributed by atoms with Gasteiger partial charge in [-0.05, 0) is 23.4 Å². The number of hydrogen-bond donors (Lipinski definition) is 2. The number of fused-ring (bicyclic) bond motifs is 1. The topological polar surface area (TPSA) is 70.2 Å². The van der Waals surface area contributed by atoms with Crippen LogP contribution in [0.1, 0.15) is 24.8 Å². The smallest absolute Gasteiger partial charge is 0.303 e. The van der Waals surface area contributed by atoms with Crippen LogP contribution in [-0.2, 0) is 4.79 Å². The second-order valence-electron chi connectivity index (χ2n) is 4.14. The van der Waals surface area contributed by atoms with E-state index in [0.29, 0.717) is 5.56 Å². The maximum Gasteiger partial charge on any atom is 0.303 e. The number of para-hydroxylation sites is 1. The van der Waals surface area contributed by atoms with Gasteiger partial charge in [0.05, 0.1) is 6.42 Å². The first kappa shape index (κ1) is 11.4. The normalized spacial score (nSPS) is 12.5. The molecule has 1 atom stereocenters. The lowest BCUT2D eigenvalue weighted by molar-refractivity contribution is -0.137. The molecule has 1 unspecified atom stereocenters. The van der Waals surface area contributed by atoms with Crippen LogP contribution in [0.2, 0.25) is 0 Å². The average Bonchev–Trinajstić information content (AvgIpc) is 2.27. The van der Waals surface area contributed by atoms with E-state index >= 15 is 0 Å². The number of rotatable bonds is 3. The van der Waals surface area contributed by atoms with Crippen LogP contribution in [0.5, 0.6) is 0 Å². The van der Waals surface area contributed by atoms with Crippen molar-refractivity contribution in [3.63, 3.8) is 0 Å². The summed E-state index contributed by atoms with van der Waals surface area (Å²) in [6.45, 7) is 1.74. The molecule has 4 heteroatoms. The van der Waals surface area contributed by atoms with Crippen LogP contribution >= 0.6 is 0 Å². The summed E-state index contributed by atoms with van der Waals surface area (Å²) in [7, 11) is 0. The molecule has 0 aliphatic carbocycles. The lowest BCUT2D eigenvalue weighted by Gasteiger charge is -2.09. The minimum atomic E-state index is -0.898. The molecule has 2 rings (SSSR count). The Bertz CT molecular complexity index is 615. The highest BCUT2D eigenvalue weighted by Gasteiger charge is 2.14. The molecule has 0 fully saturated rings. The molecule has 0 aliphatic rings. The first-order valence-corrected chi connectivity index (χ1v) is 5.41. The highest BCUT2D eigenvalue weighted by molar-refractivity contribution is 5.79. The van der Waals surface area contributed by atoms with E-state index < -0.39 is 5.97 Å². The van der Waals surface area contributed by atoms with Crippen molar-refractivity contribution in [2.45, 2.75) is 19.3 Å². The Labute approximate surface area is 97.9 Å². The molecule has 0 amide bonds. The fourth-order valence-electron chi connectivity index (χ4n) is 1.90. The Morgan fingerprint density at radius 2 is 2.12 bits per heavy atom. The summed E-state index contributed by atoms with van der Waals surface area (Å²) in [5.74, 6) is -1.19. The number of carboxylic acids is 1. The van der Waals surface area contributed by atoms with Crippen molar-refractivity contribution in [2.75, 3.05) is 0 Å². The van der Waals surface area contributed by atoms with Gasteiger partial charge in [-0.1, -0.05) is 25.1 Å². The number of nitrogens with one attached hydrogen (secondary N) is 1. The predicted molar refractivity (Wildman–Crippen MR) is 65.2 cm³/mol. The van der Waals surface area contributed by atoms with Crippen molar-refractivity contribution in [3.05, 3.63) is 46.2 Å². The standard InChI is InChI=1S/C13H13NO3/c1-8(6-12(15)16)10-7-9-4-2-3-5-11(9)14-13(10)17/h2-5,7-8H,6H2,1H3,(H,14,17)(H,15,16). The molecule has 1 heterocycles. The van der Waals surface area contributed by atoms with Crippen molar-refractivity contribution in [2.24, 2.45) is 0 Å². The van der Waals surface area contributed by atoms with Crippen molar-refractivity contribution in [3.8, 4) is 0 Å². The van der Waals surface area contributed by atoms with Crippen LogP contribution in [0, 0.1) is 0 Å². The third-order valence-electron chi connectivity index (χ3n) is 2.79. The zero-order valence-electron chi connectivity index (χ0n) is 9.43. The van der Waals surface area contributed by atoms with Crippen LogP contribution in [0.3, 0.4) is 0 Å². The van der Waals surface area contributed by atoms with E-state index in [0.717, 1.165) is 10.9 Å². The molecule has 2 aromatic rings. The van der Waals surface area contributed by atoms with Crippen LogP contribution in [0.25, 0.3) is 10.9 Å². The molecule has 0 spiro atoms. The third-order valence-corrected chi connectivity index (χ3v) is 2.79. The zero-order valence-corrected chi connectivity index (χ0v) is 9.43. The lowest BCUT2D eigenvalue weighted by Crippen LogP contribution is -2.16. The highest BCUT2D eigenvalue weighted by atomic mass is 16.4. The van der Waals surface area contributed by atoms with E-state index in [1.165, 1.54) is 0 Å². The number of carbonyl (C=O) groups is 1. The lowest BCUT2D eigenvalue weighted by atomic mass is 9.98. The molecule has 4 nitrogen and oxygen atoms in total.